The Hall–Kier alpha value is -0.850. The highest BCUT2D eigenvalue weighted by Gasteiger charge is 2.23. The summed E-state index contributed by atoms with van der Waals surface area (Å²) in [7, 11) is 1.83. The van der Waals surface area contributed by atoms with Crippen molar-refractivity contribution in [2.75, 3.05) is 7.11 Å². The van der Waals surface area contributed by atoms with Crippen molar-refractivity contribution in [3.63, 3.8) is 0 Å². The first-order chi connectivity index (χ1) is 7.27. The number of methoxy groups -OCH3 is 1. The molecule has 8 heteroatoms. The largest absolute Gasteiger partial charge is 0.465 e. The number of carbonyl (C=O) groups excluding carboxylic acids is 1. The molecule has 0 aliphatic heterocycles. The van der Waals surface area contributed by atoms with E-state index in [4.69, 9.17) is 22.3 Å². The number of carbonyl (C=O) groups is 1. The summed E-state index contributed by atoms with van der Waals surface area (Å²) in [4.78, 5) is 10.5. The lowest BCUT2D eigenvalue weighted by molar-refractivity contribution is 0.0596. The maximum Gasteiger partial charge on any atom is 0.339 e. The van der Waals surface area contributed by atoms with E-state index in [1.807, 2.05) is 0 Å². The van der Waals surface area contributed by atoms with E-state index in [1.165, 1.54) is 0 Å². The second kappa shape index (κ2) is 4.57. The van der Waals surface area contributed by atoms with Gasteiger partial charge in [-0.15, -0.1) is 0 Å². The quantitative estimate of drug-likeness (QED) is 0.618. The molecule has 0 aliphatic rings. The van der Waals surface area contributed by atoms with Crippen LogP contribution < -0.4 is 0 Å². The predicted octanol–water partition coefficient (Wildman–Crippen LogP) is 2.19. The molecule has 0 heterocycles. The van der Waals surface area contributed by atoms with Crippen molar-refractivity contribution >= 4 is 37.3 Å². The van der Waals surface area contributed by atoms with Crippen LogP contribution in [-0.4, -0.2) is 21.5 Å². The molecule has 0 bridgehead atoms. The van der Waals surface area contributed by atoms with E-state index < -0.39 is 36.3 Å². The molecule has 0 aromatic heterocycles. The van der Waals surface area contributed by atoms with Crippen LogP contribution in [0, 0.1) is 5.82 Å². The van der Waals surface area contributed by atoms with E-state index in [2.05, 4.69) is 4.74 Å². The summed E-state index contributed by atoms with van der Waals surface area (Å²) >= 11 is 5.42. The number of hydrogen-bond donors (Lipinski definition) is 0. The monoisotopic (exact) mass is 286 g/mol. The van der Waals surface area contributed by atoms with Crippen LogP contribution in [0.25, 0.3) is 0 Å². The molecule has 0 radical (unpaired) electrons. The summed E-state index contributed by atoms with van der Waals surface area (Å²) in [6, 6.07) is 1.41. The fourth-order valence-electron chi connectivity index (χ4n) is 1.000. The summed E-state index contributed by atoms with van der Waals surface area (Å²) in [5.41, 5.74) is -0.413. The molecular formula is C8H5Cl2FO4S. The van der Waals surface area contributed by atoms with E-state index in [0.717, 1.165) is 13.2 Å². The number of hydrogen-bond acceptors (Lipinski definition) is 4. The molecule has 0 spiro atoms. The van der Waals surface area contributed by atoms with Crippen LogP contribution in [-0.2, 0) is 13.8 Å². The minimum absolute atomic E-state index is 0.399. The van der Waals surface area contributed by atoms with E-state index in [1.54, 1.807) is 0 Å². The Kier molecular flexibility index (Phi) is 3.77. The first-order valence-corrected chi connectivity index (χ1v) is 6.48. The summed E-state index contributed by atoms with van der Waals surface area (Å²) in [6.07, 6.45) is 0. The van der Waals surface area contributed by atoms with Crippen molar-refractivity contribution in [3.8, 4) is 0 Å². The van der Waals surface area contributed by atoms with Crippen LogP contribution >= 0.6 is 22.3 Å². The SMILES string of the molecule is COC(=O)c1cc(Cl)c(F)cc1S(=O)(=O)Cl. The fraction of sp³-hybridized carbons (Fsp3) is 0.125. The van der Waals surface area contributed by atoms with Gasteiger partial charge in [-0.05, 0) is 12.1 Å². The molecule has 0 fully saturated rings. The van der Waals surface area contributed by atoms with Crippen LogP contribution in [0.1, 0.15) is 10.4 Å². The lowest BCUT2D eigenvalue weighted by Crippen LogP contribution is -2.08. The Bertz CT molecular complexity index is 541. The first kappa shape index (κ1) is 13.2. The highest BCUT2D eigenvalue weighted by molar-refractivity contribution is 8.13. The summed E-state index contributed by atoms with van der Waals surface area (Å²) in [6.45, 7) is 0. The molecule has 88 valence electrons. The zero-order valence-electron chi connectivity index (χ0n) is 7.83. The second-order valence-corrected chi connectivity index (χ2v) is 5.63. The molecule has 1 rings (SSSR count). The maximum atomic E-state index is 13.0. The second-order valence-electron chi connectivity index (χ2n) is 2.69. The van der Waals surface area contributed by atoms with Gasteiger partial charge >= 0.3 is 5.97 Å². The number of ether oxygens (including phenoxy) is 1. The third-order valence-electron chi connectivity index (χ3n) is 1.69. The third-order valence-corrected chi connectivity index (χ3v) is 3.34. The van der Waals surface area contributed by atoms with Crippen molar-refractivity contribution in [1.82, 2.24) is 0 Å². The zero-order valence-corrected chi connectivity index (χ0v) is 10.2. The Morgan fingerprint density at radius 1 is 1.44 bits per heavy atom. The summed E-state index contributed by atoms with van der Waals surface area (Å²) in [5, 5.41) is -0.399. The van der Waals surface area contributed by atoms with Gasteiger partial charge in [0.05, 0.1) is 22.6 Å². The molecule has 0 N–H and O–H groups in total. The average molecular weight is 287 g/mol. The van der Waals surface area contributed by atoms with Crippen molar-refractivity contribution in [3.05, 3.63) is 28.5 Å². The van der Waals surface area contributed by atoms with Gasteiger partial charge in [0.1, 0.15) is 5.82 Å². The molecule has 0 aliphatic carbocycles. The van der Waals surface area contributed by atoms with Crippen LogP contribution in [0.2, 0.25) is 5.02 Å². The molecule has 1 aromatic rings. The minimum Gasteiger partial charge on any atom is -0.465 e. The van der Waals surface area contributed by atoms with E-state index >= 15 is 0 Å². The molecule has 0 saturated carbocycles. The van der Waals surface area contributed by atoms with Gasteiger partial charge in [0.2, 0.25) is 0 Å². The molecule has 0 atom stereocenters. The van der Waals surface area contributed by atoms with Gasteiger partial charge in [-0.3, -0.25) is 0 Å². The van der Waals surface area contributed by atoms with Crippen molar-refractivity contribution in [1.29, 1.82) is 0 Å². The normalized spacial score (nSPS) is 11.2. The fourth-order valence-corrected chi connectivity index (χ4v) is 2.20. The van der Waals surface area contributed by atoms with Crippen LogP contribution in [0.15, 0.2) is 17.0 Å². The average Bonchev–Trinajstić information content (AvgIpc) is 2.18. The molecule has 4 nitrogen and oxygen atoms in total. The lowest BCUT2D eigenvalue weighted by atomic mass is 10.2. The van der Waals surface area contributed by atoms with E-state index in [0.29, 0.717) is 6.07 Å². The van der Waals surface area contributed by atoms with Crippen LogP contribution in [0.4, 0.5) is 4.39 Å². The van der Waals surface area contributed by atoms with Gasteiger partial charge in [0, 0.05) is 10.7 Å². The Balaban J connectivity index is 3.58. The van der Waals surface area contributed by atoms with Gasteiger partial charge in [-0.2, -0.15) is 0 Å². The Morgan fingerprint density at radius 2 is 2.00 bits per heavy atom. The van der Waals surface area contributed by atoms with Gasteiger partial charge in [-0.1, -0.05) is 11.6 Å². The molecular weight excluding hydrogens is 282 g/mol. The highest BCUT2D eigenvalue weighted by Crippen LogP contribution is 2.26. The number of esters is 1. The Labute approximate surface area is 100 Å². The van der Waals surface area contributed by atoms with Crippen molar-refractivity contribution < 1.29 is 22.3 Å². The van der Waals surface area contributed by atoms with Gasteiger partial charge in [-0.25, -0.2) is 17.6 Å². The Morgan fingerprint density at radius 3 is 2.44 bits per heavy atom. The molecule has 16 heavy (non-hydrogen) atoms. The predicted molar refractivity (Wildman–Crippen MR) is 55.8 cm³/mol. The summed E-state index contributed by atoms with van der Waals surface area (Å²) < 4.78 is 39.5. The smallest absolute Gasteiger partial charge is 0.339 e. The molecule has 1 aromatic carbocycles. The zero-order chi connectivity index (χ0) is 12.5. The van der Waals surface area contributed by atoms with Crippen LogP contribution in [0.5, 0.6) is 0 Å². The first-order valence-electron chi connectivity index (χ1n) is 3.79. The molecule has 0 amide bonds. The van der Waals surface area contributed by atoms with Gasteiger partial charge in [0.15, 0.2) is 0 Å². The number of halogens is 3. The molecule has 0 saturated heterocycles. The summed E-state index contributed by atoms with van der Waals surface area (Å²) in [5.74, 6) is -1.96. The van der Waals surface area contributed by atoms with Gasteiger partial charge in [0.25, 0.3) is 9.05 Å². The van der Waals surface area contributed by atoms with Crippen LogP contribution in [0.3, 0.4) is 0 Å². The maximum absolute atomic E-state index is 13.0. The standard InChI is InChI=1S/C8H5Cl2FO4S/c1-15-8(12)4-2-5(9)6(11)3-7(4)16(10,13)14/h2-3H,1H3. The van der Waals surface area contributed by atoms with Crippen molar-refractivity contribution in [2.45, 2.75) is 4.90 Å². The van der Waals surface area contributed by atoms with Crippen molar-refractivity contribution in [2.24, 2.45) is 0 Å². The highest BCUT2D eigenvalue weighted by atomic mass is 35.7. The lowest BCUT2D eigenvalue weighted by Gasteiger charge is -2.06. The van der Waals surface area contributed by atoms with Gasteiger partial charge < -0.3 is 4.74 Å². The third kappa shape index (κ3) is 2.63. The number of rotatable bonds is 2. The molecule has 0 unspecified atom stereocenters. The van der Waals surface area contributed by atoms with E-state index in [9.17, 15) is 17.6 Å². The topological polar surface area (TPSA) is 60.4 Å². The minimum atomic E-state index is -4.26. The number of benzene rings is 1. The van der Waals surface area contributed by atoms with E-state index in [-0.39, 0.29) is 0 Å².